The van der Waals surface area contributed by atoms with Crippen LogP contribution in [0.5, 0.6) is 0 Å². The minimum Gasteiger partial charge on any atom is -0.362 e. The third-order valence-electron chi connectivity index (χ3n) is 2.15. The minimum atomic E-state index is 0.284. The number of hydrogen-bond donors (Lipinski definition) is 1. The highest BCUT2D eigenvalue weighted by molar-refractivity contribution is 5.34. The Kier molecular flexibility index (Phi) is 3.04. The summed E-state index contributed by atoms with van der Waals surface area (Å²) in [7, 11) is 0. The van der Waals surface area contributed by atoms with E-state index in [4.69, 9.17) is 0 Å². The fraction of sp³-hybridized carbons (Fsp3) is 0.500. The van der Waals surface area contributed by atoms with Crippen molar-refractivity contribution in [3.05, 3.63) is 23.0 Å². The molecule has 13 heavy (non-hydrogen) atoms. The summed E-state index contributed by atoms with van der Waals surface area (Å²) in [5, 5.41) is 0. The van der Waals surface area contributed by atoms with E-state index in [1.807, 2.05) is 13.8 Å². The number of rotatable bonds is 3. The molecule has 0 aliphatic heterocycles. The van der Waals surface area contributed by atoms with Crippen LogP contribution in [0.15, 0.2) is 11.1 Å². The van der Waals surface area contributed by atoms with E-state index < -0.39 is 0 Å². The molecule has 1 aromatic heterocycles. The lowest BCUT2D eigenvalue weighted by atomic mass is 10.0. The molecule has 1 heterocycles. The number of isocyanates is 1. The summed E-state index contributed by atoms with van der Waals surface area (Å²) in [5.74, 6) is 0.284. The van der Waals surface area contributed by atoms with Crippen LogP contribution in [0.25, 0.3) is 0 Å². The number of aromatic nitrogens is 1. The Bertz CT molecular complexity index is 335. The monoisotopic (exact) mass is 178 g/mol. The van der Waals surface area contributed by atoms with E-state index in [2.05, 4.69) is 23.0 Å². The molecule has 1 aromatic rings. The average molecular weight is 178 g/mol. The SMILES string of the molecule is Cc1cc(C(C)CN=C=O)c(C)[nH]1. The molecule has 0 bridgehead atoms. The van der Waals surface area contributed by atoms with Crippen LogP contribution in [-0.4, -0.2) is 17.6 Å². The molecule has 1 unspecified atom stereocenters. The predicted molar refractivity (Wildman–Crippen MR) is 51.7 cm³/mol. The molecule has 0 aromatic carbocycles. The van der Waals surface area contributed by atoms with Gasteiger partial charge in [-0.2, -0.15) is 0 Å². The maximum Gasteiger partial charge on any atom is 0.234 e. The van der Waals surface area contributed by atoms with Gasteiger partial charge in [0.1, 0.15) is 0 Å². The van der Waals surface area contributed by atoms with Gasteiger partial charge in [0.05, 0.1) is 6.54 Å². The number of aromatic amines is 1. The second-order valence-corrected chi connectivity index (χ2v) is 3.37. The molecular formula is C10H14N2O. The number of carbonyl (C=O) groups excluding carboxylic acids is 1. The van der Waals surface area contributed by atoms with Gasteiger partial charge in [-0.25, -0.2) is 9.79 Å². The van der Waals surface area contributed by atoms with Gasteiger partial charge in [0.15, 0.2) is 0 Å². The largest absolute Gasteiger partial charge is 0.362 e. The van der Waals surface area contributed by atoms with Crippen molar-refractivity contribution in [1.29, 1.82) is 0 Å². The molecule has 0 radical (unpaired) electrons. The first-order valence-corrected chi connectivity index (χ1v) is 4.35. The molecule has 0 amide bonds. The van der Waals surface area contributed by atoms with Gasteiger partial charge in [-0.3, -0.25) is 0 Å². The number of aryl methyl sites for hydroxylation is 2. The van der Waals surface area contributed by atoms with Crippen molar-refractivity contribution in [2.45, 2.75) is 26.7 Å². The zero-order valence-electron chi connectivity index (χ0n) is 8.22. The van der Waals surface area contributed by atoms with E-state index in [1.54, 1.807) is 6.08 Å². The van der Waals surface area contributed by atoms with Crippen molar-refractivity contribution >= 4 is 6.08 Å². The lowest BCUT2D eigenvalue weighted by Crippen LogP contribution is -1.97. The molecule has 1 atom stereocenters. The van der Waals surface area contributed by atoms with Gasteiger partial charge in [0.25, 0.3) is 0 Å². The van der Waals surface area contributed by atoms with Crippen molar-refractivity contribution < 1.29 is 4.79 Å². The molecular weight excluding hydrogens is 164 g/mol. The molecule has 0 aliphatic carbocycles. The lowest BCUT2D eigenvalue weighted by molar-refractivity contribution is 0.561. The standard InChI is InChI=1S/C10H14N2O/c1-7(5-11-6-13)10-4-8(2)12-9(10)3/h4,7,12H,5H2,1-3H3. The zero-order chi connectivity index (χ0) is 9.84. The molecule has 0 aliphatic rings. The molecule has 3 nitrogen and oxygen atoms in total. The second-order valence-electron chi connectivity index (χ2n) is 3.37. The summed E-state index contributed by atoms with van der Waals surface area (Å²) in [6, 6.07) is 2.10. The summed E-state index contributed by atoms with van der Waals surface area (Å²) in [4.78, 5) is 16.7. The summed E-state index contributed by atoms with van der Waals surface area (Å²) in [5.41, 5.74) is 3.54. The van der Waals surface area contributed by atoms with E-state index in [0.717, 1.165) is 11.4 Å². The first-order valence-electron chi connectivity index (χ1n) is 4.35. The normalized spacial score (nSPS) is 12.2. The van der Waals surface area contributed by atoms with Crippen molar-refractivity contribution in [3.63, 3.8) is 0 Å². The van der Waals surface area contributed by atoms with Crippen LogP contribution in [0.4, 0.5) is 0 Å². The summed E-state index contributed by atoms with van der Waals surface area (Å²) in [6.45, 7) is 6.62. The highest BCUT2D eigenvalue weighted by Gasteiger charge is 2.09. The first kappa shape index (κ1) is 9.75. The summed E-state index contributed by atoms with van der Waals surface area (Å²) >= 11 is 0. The van der Waals surface area contributed by atoms with E-state index in [9.17, 15) is 4.79 Å². The smallest absolute Gasteiger partial charge is 0.234 e. The highest BCUT2D eigenvalue weighted by Crippen LogP contribution is 2.20. The number of H-pyrrole nitrogens is 1. The number of nitrogens with one attached hydrogen (secondary N) is 1. The fourth-order valence-corrected chi connectivity index (χ4v) is 1.53. The van der Waals surface area contributed by atoms with E-state index in [0.29, 0.717) is 6.54 Å². The Morgan fingerprint density at radius 1 is 1.62 bits per heavy atom. The van der Waals surface area contributed by atoms with Gasteiger partial charge in [-0.1, -0.05) is 6.92 Å². The maximum atomic E-state index is 9.93. The molecule has 70 valence electrons. The quantitative estimate of drug-likeness (QED) is 0.559. The van der Waals surface area contributed by atoms with E-state index in [-0.39, 0.29) is 5.92 Å². The van der Waals surface area contributed by atoms with Crippen LogP contribution in [0.1, 0.15) is 29.8 Å². The van der Waals surface area contributed by atoms with Crippen LogP contribution in [0.2, 0.25) is 0 Å². The highest BCUT2D eigenvalue weighted by atomic mass is 16.1. The zero-order valence-corrected chi connectivity index (χ0v) is 8.22. The molecule has 3 heteroatoms. The molecule has 1 rings (SSSR count). The van der Waals surface area contributed by atoms with Gasteiger partial charge in [0, 0.05) is 17.3 Å². The average Bonchev–Trinajstić information content (AvgIpc) is 2.41. The van der Waals surface area contributed by atoms with Gasteiger partial charge in [-0.15, -0.1) is 0 Å². The van der Waals surface area contributed by atoms with E-state index >= 15 is 0 Å². The van der Waals surface area contributed by atoms with Gasteiger partial charge >= 0.3 is 0 Å². The fourth-order valence-electron chi connectivity index (χ4n) is 1.53. The molecule has 0 saturated carbocycles. The Morgan fingerprint density at radius 2 is 2.31 bits per heavy atom. The third-order valence-corrected chi connectivity index (χ3v) is 2.15. The van der Waals surface area contributed by atoms with Gasteiger partial charge in [-0.05, 0) is 25.5 Å². The van der Waals surface area contributed by atoms with Crippen LogP contribution in [-0.2, 0) is 4.79 Å². The first-order chi connectivity index (χ1) is 6.15. The molecule has 1 N–H and O–H groups in total. The third kappa shape index (κ3) is 2.30. The molecule has 0 saturated heterocycles. The molecule has 0 fully saturated rings. The van der Waals surface area contributed by atoms with Crippen LogP contribution >= 0.6 is 0 Å². The van der Waals surface area contributed by atoms with Crippen molar-refractivity contribution in [3.8, 4) is 0 Å². The van der Waals surface area contributed by atoms with Crippen molar-refractivity contribution in [2.75, 3.05) is 6.54 Å². The number of aliphatic imine (C=N–C) groups is 1. The van der Waals surface area contributed by atoms with Crippen LogP contribution in [0, 0.1) is 13.8 Å². The predicted octanol–water partition coefficient (Wildman–Crippen LogP) is 2.07. The van der Waals surface area contributed by atoms with Crippen molar-refractivity contribution in [1.82, 2.24) is 4.98 Å². The van der Waals surface area contributed by atoms with Crippen LogP contribution < -0.4 is 0 Å². The summed E-state index contributed by atoms with van der Waals surface area (Å²) in [6.07, 6.45) is 1.56. The lowest BCUT2D eigenvalue weighted by Gasteiger charge is -2.05. The maximum absolute atomic E-state index is 9.93. The topological polar surface area (TPSA) is 45.2 Å². The number of hydrogen-bond acceptors (Lipinski definition) is 2. The summed E-state index contributed by atoms with van der Waals surface area (Å²) < 4.78 is 0. The Hall–Kier alpha value is -1.34. The Balaban J connectivity index is 2.81. The molecule has 0 spiro atoms. The Labute approximate surface area is 77.9 Å². The Morgan fingerprint density at radius 3 is 2.77 bits per heavy atom. The van der Waals surface area contributed by atoms with E-state index in [1.165, 1.54) is 5.56 Å². The van der Waals surface area contributed by atoms with Crippen molar-refractivity contribution in [2.24, 2.45) is 4.99 Å². The minimum absolute atomic E-state index is 0.284. The van der Waals surface area contributed by atoms with Gasteiger partial charge < -0.3 is 4.98 Å². The second kappa shape index (κ2) is 4.06. The number of nitrogens with zero attached hydrogens (tertiary/aromatic N) is 1. The van der Waals surface area contributed by atoms with Crippen LogP contribution in [0.3, 0.4) is 0 Å². The van der Waals surface area contributed by atoms with Gasteiger partial charge in [0.2, 0.25) is 6.08 Å².